The smallest absolute Gasteiger partial charge is 0.242 e. The maximum absolute atomic E-state index is 13.2. The van der Waals surface area contributed by atoms with E-state index in [1.165, 1.54) is 0 Å². The van der Waals surface area contributed by atoms with Crippen LogP contribution in [0, 0.1) is 11.3 Å². The molecule has 37 heavy (non-hydrogen) atoms. The second kappa shape index (κ2) is 12.5. The van der Waals surface area contributed by atoms with Gasteiger partial charge in [0, 0.05) is 26.1 Å². The van der Waals surface area contributed by atoms with Gasteiger partial charge in [0.15, 0.2) is 0 Å². The van der Waals surface area contributed by atoms with Gasteiger partial charge in [-0.25, -0.2) is 0 Å². The number of amides is 4. The summed E-state index contributed by atoms with van der Waals surface area (Å²) in [4.78, 5) is 53.2. The zero-order valence-corrected chi connectivity index (χ0v) is 21.7. The van der Waals surface area contributed by atoms with E-state index in [9.17, 15) is 19.2 Å². The van der Waals surface area contributed by atoms with Crippen molar-refractivity contribution in [2.45, 2.75) is 76.3 Å². The number of carbonyl (C=O) groups is 4. The van der Waals surface area contributed by atoms with Crippen LogP contribution in [0.15, 0.2) is 30.3 Å². The number of rotatable bonds is 10. The lowest BCUT2D eigenvalue weighted by molar-refractivity contribution is -0.143. The number of nitrogens with two attached hydrogens (primary N) is 1. The third kappa shape index (κ3) is 6.69. The summed E-state index contributed by atoms with van der Waals surface area (Å²) in [5.41, 5.74) is 5.34. The molecule has 3 fully saturated rings. The Morgan fingerprint density at radius 1 is 1.03 bits per heavy atom. The predicted molar refractivity (Wildman–Crippen MR) is 140 cm³/mol. The van der Waals surface area contributed by atoms with Crippen LogP contribution in [-0.4, -0.2) is 66.8 Å². The first-order valence-corrected chi connectivity index (χ1v) is 13.8. The van der Waals surface area contributed by atoms with Gasteiger partial charge in [-0.05, 0) is 63.0 Å². The Morgan fingerprint density at radius 2 is 1.73 bits per heavy atom. The van der Waals surface area contributed by atoms with E-state index >= 15 is 0 Å². The molecule has 9 nitrogen and oxygen atoms in total. The first-order valence-electron chi connectivity index (χ1n) is 13.8. The molecule has 2 aliphatic heterocycles. The van der Waals surface area contributed by atoms with Gasteiger partial charge in [0.25, 0.3) is 0 Å². The Labute approximate surface area is 219 Å². The summed E-state index contributed by atoms with van der Waals surface area (Å²) in [5, 5.41) is 9.15. The second-order valence-corrected chi connectivity index (χ2v) is 10.9. The van der Waals surface area contributed by atoms with E-state index < -0.39 is 23.3 Å². The summed E-state index contributed by atoms with van der Waals surface area (Å²) in [7, 11) is 0. The maximum atomic E-state index is 13.2. The first kappa shape index (κ1) is 27.1. The molecule has 0 spiro atoms. The molecule has 0 aromatic heterocycles. The summed E-state index contributed by atoms with van der Waals surface area (Å²) in [5.74, 6) is -0.647. The Morgan fingerprint density at radius 3 is 2.35 bits per heavy atom. The number of nitrogens with one attached hydrogen (secondary N) is 3. The molecule has 2 saturated heterocycles. The van der Waals surface area contributed by atoms with Gasteiger partial charge in [0.2, 0.25) is 23.6 Å². The number of hydrogen-bond donors (Lipinski definition) is 4. The minimum Gasteiger partial charge on any atom is -0.369 e. The highest BCUT2D eigenvalue weighted by molar-refractivity contribution is 6.05. The molecule has 1 saturated carbocycles. The molecule has 1 aliphatic carbocycles. The molecule has 5 N–H and O–H groups in total. The van der Waals surface area contributed by atoms with Crippen LogP contribution in [-0.2, 0) is 25.6 Å². The fourth-order valence-electron chi connectivity index (χ4n) is 6.00. The minimum atomic E-state index is -1.23. The molecular weight excluding hydrogens is 470 g/mol. The lowest BCUT2D eigenvalue weighted by atomic mass is 9.84. The van der Waals surface area contributed by atoms with Crippen LogP contribution >= 0.6 is 0 Å². The first-order chi connectivity index (χ1) is 17.9. The lowest BCUT2D eigenvalue weighted by Crippen LogP contribution is -2.55. The monoisotopic (exact) mass is 511 g/mol. The molecule has 0 bridgehead atoms. The van der Waals surface area contributed by atoms with E-state index in [0.717, 1.165) is 70.1 Å². The normalized spacial score (nSPS) is 22.4. The van der Waals surface area contributed by atoms with Gasteiger partial charge in [-0.2, -0.15) is 0 Å². The highest BCUT2D eigenvalue weighted by Crippen LogP contribution is 2.38. The fourth-order valence-corrected chi connectivity index (χ4v) is 6.00. The largest absolute Gasteiger partial charge is 0.369 e. The van der Waals surface area contributed by atoms with E-state index in [4.69, 9.17) is 5.73 Å². The summed E-state index contributed by atoms with van der Waals surface area (Å²) < 4.78 is 0. The Bertz CT molecular complexity index is 949. The van der Waals surface area contributed by atoms with Gasteiger partial charge >= 0.3 is 0 Å². The molecule has 0 unspecified atom stereocenters. The van der Waals surface area contributed by atoms with Gasteiger partial charge in [-0.15, -0.1) is 0 Å². The molecule has 9 heteroatoms. The standard InChI is InChI=1S/C28H41N5O4/c29-26(36)28(13-4-5-14-28)27(37)32-23(19-21-7-2-1-3-8-21)24(34)31-16-10-20-11-17-33(18-12-20)25(35)22-9-6-15-30-22/h1-3,7-8,20,22-23,30H,4-6,9-19H2,(H2,29,36)(H,31,34)(H,32,37)/t22-,23+/m0/s1. The van der Waals surface area contributed by atoms with Crippen LogP contribution < -0.4 is 21.7 Å². The van der Waals surface area contributed by atoms with Crippen LogP contribution in [0.25, 0.3) is 0 Å². The second-order valence-electron chi connectivity index (χ2n) is 10.9. The van der Waals surface area contributed by atoms with E-state index in [-0.39, 0.29) is 17.9 Å². The molecule has 2 atom stereocenters. The molecule has 0 radical (unpaired) electrons. The van der Waals surface area contributed by atoms with Gasteiger partial charge in [0.1, 0.15) is 11.5 Å². The van der Waals surface area contributed by atoms with Crippen molar-refractivity contribution in [3.63, 3.8) is 0 Å². The molecule has 3 aliphatic rings. The molecule has 2 heterocycles. The quantitative estimate of drug-likeness (QED) is 0.351. The summed E-state index contributed by atoms with van der Waals surface area (Å²) in [6, 6.07) is 8.72. The van der Waals surface area contributed by atoms with Crippen molar-refractivity contribution in [2.24, 2.45) is 17.1 Å². The third-order valence-corrected chi connectivity index (χ3v) is 8.40. The van der Waals surface area contributed by atoms with Crippen molar-refractivity contribution >= 4 is 23.6 Å². The zero-order valence-electron chi connectivity index (χ0n) is 21.7. The Balaban J connectivity index is 1.29. The van der Waals surface area contributed by atoms with E-state index in [0.29, 0.717) is 31.7 Å². The number of benzene rings is 1. The molecule has 4 rings (SSSR count). The number of likely N-dealkylation sites (tertiary alicyclic amines) is 1. The van der Waals surface area contributed by atoms with Crippen LogP contribution in [0.3, 0.4) is 0 Å². The summed E-state index contributed by atoms with van der Waals surface area (Å²) in [6.45, 7) is 2.95. The predicted octanol–water partition coefficient (Wildman–Crippen LogP) is 1.26. The van der Waals surface area contributed by atoms with Gasteiger partial charge in [0.05, 0.1) is 6.04 Å². The third-order valence-electron chi connectivity index (χ3n) is 8.40. The number of carbonyl (C=O) groups excluding carboxylic acids is 4. The fraction of sp³-hybridized carbons (Fsp3) is 0.643. The molecule has 1 aromatic rings. The maximum Gasteiger partial charge on any atom is 0.242 e. The lowest BCUT2D eigenvalue weighted by Gasteiger charge is -2.33. The number of piperidine rings is 1. The van der Waals surface area contributed by atoms with E-state index in [1.54, 1.807) is 0 Å². The highest BCUT2D eigenvalue weighted by atomic mass is 16.2. The highest BCUT2D eigenvalue weighted by Gasteiger charge is 2.47. The van der Waals surface area contributed by atoms with Crippen molar-refractivity contribution in [3.8, 4) is 0 Å². The van der Waals surface area contributed by atoms with Crippen molar-refractivity contribution < 1.29 is 19.2 Å². The van der Waals surface area contributed by atoms with Crippen molar-refractivity contribution in [1.82, 2.24) is 20.9 Å². The Hall–Kier alpha value is -2.94. The topological polar surface area (TPSA) is 134 Å². The summed E-state index contributed by atoms with van der Waals surface area (Å²) in [6.07, 6.45) is 7.39. The van der Waals surface area contributed by atoms with Crippen molar-refractivity contribution in [3.05, 3.63) is 35.9 Å². The molecule has 4 amide bonds. The van der Waals surface area contributed by atoms with Gasteiger partial charge in [-0.3, -0.25) is 19.2 Å². The van der Waals surface area contributed by atoms with Gasteiger partial charge in [-0.1, -0.05) is 43.2 Å². The SMILES string of the molecule is NC(=O)C1(C(=O)N[C@H](Cc2ccccc2)C(=O)NCCC2CCN(C(=O)[C@@H]3CCCN3)CC2)CCCC1. The van der Waals surface area contributed by atoms with Crippen LogP contribution in [0.5, 0.6) is 0 Å². The van der Waals surface area contributed by atoms with E-state index in [1.807, 2.05) is 35.2 Å². The van der Waals surface area contributed by atoms with Crippen LogP contribution in [0.4, 0.5) is 0 Å². The molecular formula is C28H41N5O4. The van der Waals surface area contributed by atoms with Gasteiger partial charge < -0.3 is 26.6 Å². The minimum absolute atomic E-state index is 0.0227. The zero-order chi connectivity index (χ0) is 26.3. The molecule has 1 aromatic carbocycles. The average Bonchev–Trinajstić information content (AvgIpc) is 3.62. The van der Waals surface area contributed by atoms with Crippen molar-refractivity contribution in [1.29, 1.82) is 0 Å². The van der Waals surface area contributed by atoms with Crippen LogP contribution in [0.2, 0.25) is 0 Å². The Kier molecular flexibility index (Phi) is 9.18. The van der Waals surface area contributed by atoms with Crippen molar-refractivity contribution in [2.75, 3.05) is 26.2 Å². The number of primary amides is 1. The van der Waals surface area contributed by atoms with E-state index in [2.05, 4.69) is 16.0 Å². The average molecular weight is 512 g/mol. The number of nitrogens with zero attached hydrogens (tertiary/aromatic N) is 1. The number of hydrogen-bond acceptors (Lipinski definition) is 5. The molecule has 202 valence electrons. The van der Waals surface area contributed by atoms with Crippen LogP contribution in [0.1, 0.15) is 63.4 Å². The summed E-state index contributed by atoms with van der Waals surface area (Å²) >= 11 is 0.